The lowest BCUT2D eigenvalue weighted by Crippen LogP contribution is -2.11. The first-order valence-electron chi connectivity index (χ1n) is 5.88. The summed E-state index contributed by atoms with van der Waals surface area (Å²) in [4.78, 5) is 10.1. The van der Waals surface area contributed by atoms with E-state index in [1.54, 1.807) is 12.1 Å². The van der Waals surface area contributed by atoms with Crippen LogP contribution in [0.15, 0.2) is 54.6 Å². The molecule has 0 aromatic heterocycles. The van der Waals surface area contributed by atoms with Gasteiger partial charge in [0, 0.05) is 24.4 Å². The van der Waals surface area contributed by atoms with Crippen LogP contribution >= 0.6 is 0 Å². The molecule has 0 saturated heterocycles. The number of anilines is 1. The number of benzene rings is 2. The van der Waals surface area contributed by atoms with Gasteiger partial charge in [-0.05, 0) is 17.7 Å². The van der Waals surface area contributed by atoms with E-state index in [0.29, 0.717) is 6.54 Å². The second-order valence-electron chi connectivity index (χ2n) is 4.11. The van der Waals surface area contributed by atoms with Gasteiger partial charge in [0.05, 0.1) is 11.0 Å². The number of aliphatic hydroxyl groups is 1. The third-order valence-corrected chi connectivity index (χ3v) is 2.76. The van der Waals surface area contributed by atoms with Crippen LogP contribution in [-0.4, -0.2) is 16.6 Å². The SMILES string of the molecule is O=[N+]([O-])c1ccc(NC[C@@H](O)c2ccccc2)cc1. The van der Waals surface area contributed by atoms with E-state index < -0.39 is 11.0 Å². The average molecular weight is 258 g/mol. The van der Waals surface area contributed by atoms with Crippen molar-refractivity contribution < 1.29 is 10.0 Å². The summed E-state index contributed by atoms with van der Waals surface area (Å²) >= 11 is 0. The minimum absolute atomic E-state index is 0.0501. The Balaban J connectivity index is 1.93. The molecule has 1 atom stereocenters. The predicted molar refractivity (Wildman–Crippen MR) is 73.0 cm³/mol. The van der Waals surface area contributed by atoms with Crippen LogP contribution in [0.4, 0.5) is 11.4 Å². The minimum Gasteiger partial charge on any atom is -0.387 e. The molecule has 19 heavy (non-hydrogen) atoms. The Morgan fingerprint density at radius 3 is 2.32 bits per heavy atom. The highest BCUT2D eigenvalue weighted by atomic mass is 16.6. The predicted octanol–water partition coefficient (Wildman–Crippen LogP) is 2.74. The molecule has 5 heteroatoms. The molecule has 0 aliphatic heterocycles. The number of nitro benzene ring substituents is 1. The molecule has 0 spiro atoms. The van der Waals surface area contributed by atoms with Crippen LogP contribution in [0.25, 0.3) is 0 Å². The van der Waals surface area contributed by atoms with Gasteiger partial charge < -0.3 is 10.4 Å². The van der Waals surface area contributed by atoms with Crippen LogP contribution in [0.2, 0.25) is 0 Å². The van der Waals surface area contributed by atoms with E-state index in [1.807, 2.05) is 30.3 Å². The van der Waals surface area contributed by atoms with Crippen molar-refractivity contribution in [3.63, 3.8) is 0 Å². The summed E-state index contributed by atoms with van der Waals surface area (Å²) in [6, 6.07) is 15.4. The highest BCUT2D eigenvalue weighted by Crippen LogP contribution is 2.17. The van der Waals surface area contributed by atoms with E-state index in [-0.39, 0.29) is 5.69 Å². The maximum absolute atomic E-state index is 10.5. The molecule has 0 unspecified atom stereocenters. The minimum atomic E-state index is -0.614. The number of hydrogen-bond acceptors (Lipinski definition) is 4. The van der Waals surface area contributed by atoms with E-state index in [4.69, 9.17) is 0 Å². The van der Waals surface area contributed by atoms with Gasteiger partial charge in [-0.15, -0.1) is 0 Å². The number of rotatable bonds is 5. The largest absolute Gasteiger partial charge is 0.387 e. The van der Waals surface area contributed by atoms with Crippen LogP contribution in [0, 0.1) is 10.1 Å². The van der Waals surface area contributed by atoms with Gasteiger partial charge in [-0.2, -0.15) is 0 Å². The Labute approximate surface area is 110 Å². The van der Waals surface area contributed by atoms with Gasteiger partial charge in [0.15, 0.2) is 0 Å². The Hall–Kier alpha value is -2.40. The molecule has 98 valence electrons. The van der Waals surface area contributed by atoms with Crippen LogP contribution in [-0.2, 0) is 0 Å². The van der Waals surface area contributed by atoms with Crippen LogP contribution in [0.3, 0.4) is 0 Å². The fourth-order valence-electron chi connectivity index (χ4n) is 1.71. The lowest BCUT2D eigenvalue weighted by molar-refractivity contribution is -0.384. The molecule has 2 aromatic rings. The van der Waals surface area contributed by atoms with Gasteiger partial charge in [0.1, 0.15) is 0 Å². The number of nitrogens with zero attached hydrogens (tertiary/aromatic N) is 1. The van der Waals surface area contributed by atoms with Crippen molar-refractivity contribution in [2.75, 3.05) is 11.9 Å². The zero-order valence-electron chi connectivity index (χ0n) is 10.2. The van der Waals surface area contributed by atoms with Crippen molar-refractivity contribution in [2.24, 2.45) is 0 Å². The Morgan fingerprint density at radius 1 is 1.11 bits per heavy atom. The summed E-state index contributed by atoms with van der Waals surface area (Å²) in [6.07, 6.45) is -0.614. The van der Waals surface area contributed by atoms with Gasteiger partial charge in [-0.3, -0.25) is 10.1 Å². The van der Waals surface area contributed by atoms with Crippen molar-refractivity contribution in [1.82, 2.24) is 0 Å². The summed E-state index contributed by atoms with van der Waals surface area (Å²) in [7, 11) is 0. The Morgan fingerprint density at radius 2 is 1.74 bits per heavy atom. The third-order valence-electron chi connectivity index (χ3n) is 2.76. The van der Waals surface area contributed by atoms with Crippen molar-refractivity contribution in [1.29, 1.82) is 0 Å². The monoisotopic (exact) mass is 258 g/mol. The molecule has 0 fully saturated rings. The number of aliphatic hydroxyl groups excluding tert-OH is 1. The summed E-state index contributed by atoms with van der Waals surface area (Å²) in [5, 5.41) is 23.5. The third kappa shape index (κ3) is 3.53. The van der Waals surface area contributed by atoms with Crippen LogP contribution in [0.5, 0.6) is 0 Å². The first-order valence-corrected chi connectivity index (χ1v) is 5.88. The number of non-ortho nitro benzene ring substituents is 1. The molecule has 0 aliphatic rings. The number of nitrogens with one attached hydrogen (secondary N) is 1. The molecular weight excluding hydrogens is 244 g/mol. The zero-order valence-corrected chi connectivity index (χ0v) is 10.2. The maximum Gasteiger partial charge on any atom is 0.269 e. The molecule has 0 amide bonds. The maximum atomic E-state index is 10.5. The summed E-state index contributed by atoms with van der Waals surface area (Å²) < 4.78 is 0. The molecule has 0 heterocycles. The van der Waals surface area contributed by atoms with Crippen LogP contribution in [0.1, 0.15) is 11.7 Å². The number of hydrogen-bond donors (Lipinski definition) is 2. The molecule has 0 bridgehead atoms. The fraction of sp³-hybridized carbons (Fsp3) is 0.143. The first-order chi connectivity index (χ1) is 9.16. The van der Waals surface area contributed by atoms with Gasteiger partial charge in [0.2, 0.25) is 0 Å². The summed E-state index contributed by atoms with van der Waals surface area (Å²) in [5.74, 6) is 0. The first kappa shape index (κ1) is 13.0. The van der Waals surface area contributed by atoms with E-state index >= 15 is 0 Å². The molecule has 2 N–H and O–H groups in total. The second kappa shape index (κ2) is 5.97. The lowest BCUT2D eigenvalue weighted by Gasteiger charge is -2.12. The number of nitro groups is 1. The molecule has 2 aromatic carbocycles. The van der Waals surface area contributed by atoms with E-state index in [2.05, 4.69) is 5.32 Å². The summed E-state index contributed by atoms with van der Waals surface area (Å²) in [5.41, 5.74) is 1.62. The molecule has 0 aliphatic carbocycles. The van der Waals surface area contributed by atoms with E-state index in [0.717, 1.165) is 11.3 Å². The Bertz CT molecular complexity index is 540. The molecule has 5 nitrogen and oxygen atoms in total. The summed E-state index contributed by atoms with van der Waals surface area (Å²) in [6.45, 7) is 0.349. The molecule has 0 saturated carbocycles. The van der Waals surface area contributed by atoms with Crippen molar-refractivity contribution in [3.05, 3.63) is 70.3 Å². The lowest BCUT2D eigenvalue weighted by atomic mass is 10.1. The second-order valence-corrected chi connectivity index (χ2v) is 4.11. The van der Waals surface area contributed by atoms with Crippen molar-refractivity contribution in [3.8, 4) is 0 Å². The van der Waals surface area contributed by atoms with Crippen LogP contribution < -0.4 is 5.32 Å². The average Bonchev–Trinajstić information content (AvgIpc) is 2.46. The highest BCUT2D eigenvalue weighted by molar-refractivity contribution is 5.48. The topological polar surface area (TPSA) is 75.4 Å². The zero-order chi connectivity index (χ0) is 13.7. The van der Waals surface area contributed by atoms with Gasteiger partial charge in [-0.1, -0.05) is 30.3 Å². The quantitative estimate of drug-likeness (QED) is 0.638. The van der Waals surface area contributed by atoms with Gasteiger partial charge in [0.25, 0.3) is 5.69 Å². The van der Waals surface area contributed by atoms with Gasteiger partial charge in [-0.25, -0.2) is 0 Å². The molecule has 0 radical (unpaired) electrons. The van der Waals surface area contributed by atoms with E-state index in [1.165, 1.54) is 12.1 Å². The standard InChI is InChI=1S/C14H14N2O3/c17-14(11-4-2-1-3-5-11)10-15-12-6-8-13(9-7-12)16(18)19/h1-9,14-15,17H,10H2/t14-/m1/s1. The van der Waals surface area contributed by atoms with E-state index in [9.17, 15) is 15.2 Å². The highest BCUT2D eigenvalue weighted by Gasteiger charge is 2.07. The molecule has 2 rings (SSSR count). The molecular formula is C14H14N2O3. The van der Waals surface area contributed by atoms with Crippen molar-refractivity contribution >= 4 is 11.4 Å². The fourth-order valence-corrected chi connectivity index (χ4v) is 1.71. The van der Waals surface area contributed by atoms with Gasteiger partial charge >= 0.3 is 0 Å². The van der Waals surface area contributed by atoms with Crippen molar-refractivity contribution in [2.45, 2.75) is 6.10 Å². The Kier molecular flexibility index (Phi) is 4.10. The smallest absolute Gasteiger partial charge is 0.269 e. The normalized spacial score (nSPS) is 11.8.